The summed E-state index contributed by atoms with van der Waals surface area (Å²) in [5.41, 5.74) is 13.2. The second-order valence-electron chi connectivity index (χ2n) is 7.73. The summed E-state index contributed by atoms with van der Waals surface area (Å²) >= 11 is 1.42. The maximum absolute atomic E-state index is 11.5. The molecule has 4 heterocycles. The summed E-state index contributed by atoms with van der Waals surface area (Å²) in [4.78, 5) is 24.5. The molecule has 4 aromatic heterocycles. The molecule has 0 aliphatic carbocycles. The molecule has 16 heteroatoms. The average molecular weight is 549 g/mol. The number of fused-ring (bicyclic) bond motifs is 2. The third-order valence-corrected chi connectivity index (χ3v) is 6.40. The summed E-state index contributed by atoms with van der Waals surface area (Å²) in [6.07, 6.45) is 2.90. The van der Waals surface area contributed by atoms with Gasteiger partial charge in [0.2, 0.25) is 21.7 Å². The molecule has 14 nitrogen and oxygen atoms in total. The van der Waals surface area contributed by atoms with Crippen molar-refractivity contribution in [3.05, 3.63) is 60.7 Å². The van der Waals surface area contributed by atoms with Crippen LogP contribution in [0.25, 0.3) is 34.3 Å². The molecule has 0 aliphatic rings. The Labute approximate surface area is 220 Å². The molecule has 6 rings (SSSR count). The Hall–Kier alpha value is -4.70. The zero-order valence-electron chi connectivity index (χ0n) is 20.0. The van der Waals surface area contributed by atoms with E-state index in [2.05, 4.69) is 40.1 Å². The summed E-state index contributed by atoms with van der Waals surface area (Å²) in [5, 5.41) is 8.69. The van der Waals surface area contributed by atoms with Crippen molar-refractivity contribution in [3.63, 3.8) is 0 Å². The standard InChI is InChI=1S/C11H10N6O2S.C11H10N6S/c1-20(18,19)11-14-9(12)17-10(15-11)13-8(16-17)7-5-3-2-4-6-7;1-18-11-14-9(12)17-10(15-11)13-8(16-17)7-5-3-2-4-6-7/h2-6H,1H3,(H2,12,13,14,15,16);2-6H,1H3,(H2,12,13,14,15,16). The van der Waals surface area contributed by atoms with Crippen LogP contribution < -0.4 is 11.5 Å². The SMILES string of the molecule is CS(=O)(=O)c1nc(N)n2nc(-c3ccccc3)nc2n1.CSc1nc(N)n2nc(-c3ccccc3)nc2n1. The second kappa shape index (κ2) is 9.98. The Kier molecular flexibility index (Phi) is 6.56. The highest BCUT2D eigenvalue weighted by molar-refractivity contribution is 7.98. The number of nitrogen functional groups attached to an aromatic ring is 2. The topological polar surface area (TPSA) is 198 Å². The monoisotopic (exact) mass is 548 g/mol. The maximum atomic E-state index is 11.5. The summed E-state index contributed by atoms with van der Waals surface area (Å²) in [6.45, 7) is 0. The first-order chi connectivity index (χ1) is 18.2. The summed E-state index contributed by atoms with van der Waals surface area (Å²) in [5.74, 6) is 1.76. The van der Waals surface area contributed by atoms with E-state index in [9.17, 15) is 8.42 Å². The number of nitrogens with zero attached hydrogens (tertiary/aromatic N) is 10. The van der Waals surface area contributed by atoms with Crippen molar-refractivity contribution in [2.24, 2.45) is 0 Å². The fourth-order valence-corrected chi connectivity index (χ4v) is 4.11. The van der Waals surface area contributed by atoms with Crippen LogP contribution in [-0.4, -0.2) is 70.1 Å². The molecule has 0 saturated carbocycles. The average Bonchev–Trinajstić information content (AvgIpc) is 3.55. The fourth-order valence-electron chi connectivity index (χ4n) is 3.25. The summed E-state index contributed by atoms with van der Waals surface area (Å²) in [6, 6.07) is 18.9. The number of hydrogen-bond donors (Lipinski definition) is 2. The molecule has 0 bridgehead atoms. The minimum Gasteiger partial charge on any atom is -0.368 e. The third-order valence-electron chi connectivity index (χ3n) is 5.00. The lowest BCUT2D eigenvalue weighted by molar-refractivity contribution is 0.592. The number of nitrogens with two attached hydrogens (primary N) is 2. The first kappa shape index (κ1) is 25.0. The molecular formula is C22H20N12O2S2. The van der Waals surface area contributed by atoms with Gasteiger partial charge in [-0.3, -0.25) is 0 Å². The van der Waals surface area contributed by atoms with Gasteiger partial charge in [-0.15, -0.1) is 10.2 Å². The molecular weight excluding hydrogens is 528 g/mol. The lowest BCUT2D eigenvalue weighted by Gasteiger charge is -1.99. The van der Waals surface area contributed by atoms with Crippen LogP contribution in [0, 0.1) is 0 Å². The molecule has 0 atom stereocenters. The molecule has 0 amide bonds. The Morgan fingerprint density at radius 3 is 1.63 bits per heavy atom. The van der Waals surface area contributed by atoms with Crippen molar-refractivity contribution in [3.8, 4) is 22.8 Å². The number of rotatable bonds is 4. The highest BCUT2D eigenvalue weighted by atomic mass is 32.2. The molecule has 2 aromatic carbocycles. The highest BCUT2D eigenvalue weighted by Gasteiger charge is 2.17. The van der Waals surface area contributed by atoms with Crippen LogP contribution >= 0.6 is 11.8 Å². The minimum absolute atomic E-state index is 0.0786. The number of sulfone groups is 1. The van der Waals surface area contributed by atoms with Gasteiger partial charge in [0.1, 0.15) is 0 Å². The van der Waals surface area contributed by atoms with E-state index in [4.69, 9.17) is 11.5 Å². The fraction of sp³-hybridized carbons (Fsp3) is 0.0909. The van der Waals surface area contributed by atoms with E-state index in [0.29, 0.717) is 28.5 Å². The van der Waals surface area contributed by atoms with Gasteiger partial charge in [-0.25, -0.2) is 8.42 Å². The van der Waals surface area contributed by atoms with E-state index in [1.807, 2.05) is 66.9 Å². The number of anilines is 2. The zero-order chi connectivity index (χ0) is 26.9. The smallest absolute Gasteiger partial charge is 0.258 e. The lowest BCUT2D eigenvalue weighted by atomic mass is 10.2. The van der Waals surface area contributed by atoms with Gasteiger partial charge in [-0.1, -0.05) is 72.4 Å². The first-order valence-corrected chi connectivity index (χ1v) is 14.0. The van der Waals surface area contributed by atoms with Gasteiger partial charge in [-0.2, -0.15) is 38.9 Å². The minimum atomic E-state index is -3.56. The van der Waals surface area contributed by atoms with Crippen LogP contribution in [0.15, 0.2) is 71.0 Å². The van der Waals surface area contributed by atoms with Crippen LogP contribution in [0.4, 0.5) is 11.9 Å². The quantitative estimate of drug-likeness (QED) is 0.302. The third kappa shape index (κ3) is 5.07. The number of benzene rings is 2. The molecule has 0 aliphatic heterocycles. The van der Waals surface area contributed by atoms with Crippen LogP contribution in [0.5, 0.6) is 0 Å². The van der Waals surface area contributed by atoms with Crippen molar-refractivity contribution < 1.29 is 8.42 Å². The van der Waals surface area contributed by atoms with Crippen LogP contribution in [0.3, 0.4) is 0 Å². The highest BCUT2D eigenvalue weighted by Crippen LogP contribution is 2.18. The van der Waals surface area contributed by atoms with Gasteiger partial charge in [0, 0.05) is 17.4 Å². The molecule has 192 valence electrons. The van der Waals surface area contributed by atoms with E-state index in [1.165, 1.54) is 20.8 Å². The van der Waals surface area contributed by atoms with E-state index >= 15 is 0 Å². The Morgan fingerprint density at radius 2 is 1.16 bits per heavy atom. The summed E-state index contributed by atoms with van der Waals surface area (Å²) in [7, 11) is -3.56. The maximum Gasteiger partial charge on any atom is 0.258 e. The number of hydrogen-bond acceptors (Lipinski definition) is 13. The normalized spacial score (nSPS) is 11.4. The molecule has 0 unspecified atom stereocenters. The summed E-state index contributed by atoms with van der Waals surface area (Å²) < 4.78 is 25.6. The van der Waals surface area contributed by atoms with E-state index in [0.717, 1.165) is 17.4 Å². The van der Waals surface area contributed by atoms with Crippen LogP contribution in [0.1, 0.15) is 0 Å². The Balaban J connectivity index is 0.000000156. The molecule has 0 saturated heterocycles. The van der Waals surface area contributed by atoms with E-state index < -0.39 is 9.84 Å². The van der Waals surface area contributed by atoms with Gasteiger partial charge >= 0.3 is 0 Å². The van der Waals surface area contributed by atoms with Gasteiger partial charge < -0.3 is 11.5 Å². The van der Waals surface area contributed by atoms with E-state index in [-0.39, 0.29) is 16.9 Å². The second-order valence-corrected chi connectivity index (χ2v) is 10.4. The van der Waals surface area contributed by atoms with Crippen LogP contribution in [-0.2, 0) is 9.84 Å². The van der Waals surface area contributed by atoms with Crippen molar-refractivity contribution >= 4 is 45.1 Å². The van der Waals surface area contributed by atoms with Gasteiger partial charge in [0.25, 0.3) is 16.7 Å². The predicted octanol–water partition coefficient (Wildman–Crippen LogP) is 1.66. The van der Waals surface area contributed by atoms with Gasteiger partial charge in [0.15, 0.2) is 16.8 Å². The predicted molar refractivity (Wildman–Crippen MR) is 142 cm³/mol. The molecule has 4 N–H and O–H groups in total. The largest absolute Gasteiger partial charge is 0.368 e. The van der Waals surface area contributed by atoms with Crippen molar-refractivity contribution in [1.29, 1.82) is 0 Å². The van der Waals surface area contributed by atoms with Gasteiger partial charge in [0.05, 0.1) is 0 Å². The van der Waals surface area contributed by atoms with Crippen molar-refractivity contribution in [1.82, 2.24) is 49.1 Å². The number of thioether (sulfide) groups is 1. The molecule has 0 radical (unpaired) electrons. The Morgan fingerprint density at radius 1 is 0.684 bits per heavy atom. The van der Waals surface area contributed by atoms with E-state index in [1.54, 1.807) is 0 Å². The zero-order valence-corrected chi connectivity index (χ0v) is 21.7. The first-order valence-electron chi connectivity index (χ1n) is 10.9. The van der Waals surface area contributed by atoms with Crippen molar-refractivity contribution in [2.45, 2.75) is 10.3 Å². The van der Waals surface area contributed by atoms with Crippen LogP contribution in [0.2, 0.25) is 0 Å². The molecule has 0 spiro atoms. The van der Waals surface area contributed by atoms with Crippen molar-refractivity contribution in [2.75, 3.05) is 24.0 Å². The molecule has 0 fully saturated rings. The number of aromatic nitrogens is 10. The van der Waals surface area contributed by atoms with Gasteiger partial charge in [-0.05, 0) is 6.26 Å². The molecule has 38 heavy (non-hydrogen) atoms. The molecule has 6 aromatic rings. The lowest BCUT2D eigenvalue weighted by Crippen LogP contribution is -2.11. The Bertz CT molecular complexity index is 1860.